The molecule has 1 aliphatic rings. The molecular formula is C26H26N4O. The van der Waals surface area contributed by atoms with E-state index in [1.165, 1.54) is 16.5 Å². The van der Waals surface area contributed by atoms with Gasteiger partial charge in [-0.3, -0.25) is 14.8 Å². The van der Waals surface area contributed by atoms with Crippen molar-refractivity contribution < 1.29 is 4.79 Å². The molecule has 0 fully saturated rings. The van der Waals surface area contributed by atoms with E-state index in [1.807, 2.05) is 4.90 Å². The molecule has 1 aliphatic heterocycles. The van der Waals surface area contributed by atoms with E-state index in [0.717, 1.165) is 35.3 Å². The number of amides is 1. The summed E-state index contributed by atoms with van der Waals surface area (Å²) >= 11 is 0. The molecule has 0 saturated carbocycles. The number of rotatable bonds is 5. The highest BCUT2D eigenvalue weighted by atomic mass is 16.2. The van der Waals surface area contributed by atoms with Gasteiger partial charge in [-0.05, 0) is 42.0 Å². The van der Waals surface area contributed by atoms with Crippen LogP contribution in [-0.2, 0) is 24.1 Å². The van der Waals surface area contributed by atoms with Crippen LogP contribution in [0.1, 0.15) is 47.5 Å². The summed E-state index contributed by atoms with van der Waals surface area (Å²) in [5.74, 6) is 0.152. The molecule has 1 N–H and O–H groups in total. The summed E-state index contributed by atoms with van der Waals surface area (Å²) in [5, 5.41) is 1.26. The number of aromatic nitrogens is 3. The SMILES string of the molecule is CCc1ccc(C2c3[nH]c4ccccc4c3CCN2C(=O)CCc2cnccn2)cc1. The van der Waals surface area contributed by atoms with Crippen LogP contribution in [0.5, 0.6) is 0 Å². The first-order valence-electron chi connectivity index (χ1n) is 11.0. The predicted octanol–water partition coefficient (Wildman–Crippen LogP) is 4.63. The van der Waals surface area contributed by atoms with Crippen molar-refractivity contribution in [1.29, 1.82) is 0 Å². The molecule has 3 heterocycles. The average molecular weight is 411 g/mol. The number of H-pyrrole nitrogens is 1. The van der Waals surface area contributed by atoms with Crippen LogP contribution in [0.25, 0.3) is 10.9 Å². The zero-order valence-electron chi connectivity index (χ0n) is 17.7. The molecule has 0 spiro atoms. The van der Waals surface area contributed by atoms with Gasteiger partial charge in [0.15, 0.2) is 0 Å². The Kier molecular flexibility index (Phi) is 5.24. The zero-order chi connectivity index (χ0) is 21.2. The number of nitrogens with zero attached hydrogens (tertiary/aromatic N) is 3. The van der Waals surface area contributed by atoms with Crippen molar-refractivity contribution in [2.75, 3.05) is 6.54 Å². The second-order valence-electron chi connectivity index (χ2n) is 8.09. The fourth-order valence-corrected chi connectivity index (χ4v) is 4.63. The molecule has 31 heavy (non-hydrogen) atoms. The fourth-order valence-electron chi connectivity index (χ4n) is 4.63. The molecule has 1 amide bonds. The lowest BCUT2D eigenvalue weighted by Gasteiger charge is -2.36. The van der Waals surface area contributed by atoms with Crippen LogP contribution >= 0.6 is 0 Å². The number of hydrogen-bond donors (Lipinski definition) is 1. The molecule has 5 nitrogen and oxygen atoms in total. The maximum Gasteiger partial charge on any atom is 0.223 e. The monoisotopic (exact) mass is 410 g/mol. The van der Waals surface area contributed by atoms with Crippen molar-refractivity contribution in [3.8, 4) is 0 Å². The minimum absolute atomic E-state index is 0.101. The molecule has 4 aromatic rings. The van der Waals surface area contributed by atoms with E-state index < -0.39 is 0 Å². The third-order valence-electron chi connectivity index (χ3n) is 6.27. The normalized spacial score (nSPS) is 15.8. The van der Waals surface area contributed by atoms with Gasteiger partial charge in [-0.15, -0.1) is 0 Å². The Hall–Kier alpha value is -3.47. The Morgan fingerprint density at radius 3 is 2.74 bits per heavy atom. The standard InChI is InChI=1S/C26H26N4O/c1-2-18-7-9-19(10-8-18)26-25-22(21-5-3-4-6-23(21)29-25)13-16-30(26)24(31)12-11-20-17-27-14-15-28-20/h3-10,14-15,17,26,29H,2,11-13,16H2,1H3. The van der Waals surface area contributed by atoms with Crippen molar-refractivity contribution in [1.82, 2.24) is 19.9 Å². The number of carbonyl (C=O) groups excluding carboxylic acids is 1. The number of fused-ring (bicyclic) bond motifs is 3. The molecule has 0 aliphatic carbocycles. The lowest BCUT2D eigenvalue weighted by molar-refractivity contribution is -0.133. The van der Waals surface area contributed by atoms with Gasteiger partial charge in [-0.1, -0.05) is 49.4 Å². The Bertz CT molecular complexity index is 1200. The van der Waals surface area contributed by atoms with E-state index in [-0.39, 0.29) is 11.9 Å². The lowest BCUT2D eigenvalue weighted by Crippen LogP contribution is -2.40. The van der Waals surface area contributed by atoms with Crippen molar-refractivity contribution in [2.24, 2.45) is 0 Å². The second kappa shape index (κ2) is 8.34. The van der Waals surface area contributed by atoms with Crippen LogP contribution in [0.3, 0.4) is 0 Å². The number of benzene rings is 2. The van der Waals surface area contributed by atoms with Gasteiger partial charge >= 0.3 is 0 Å². The number of nitrogens with one attached hydrogen (secondary N) is 1. The molecular weight excluding hydrogens is 384 g/mol. The van der Waals surface area contributed by atoms with E-state index in [4.69, 9.17) is 0 Å². The molecule has 0 saturated heterocycles. The number of aromatic amines is 1. The van der Waals surface area contributed by atoms with Crippen LogP contribution in [0.4, 0.5) is 0 Å². The highest BCUT2D eigenvalue weighted by Gasteiger charge is 2.34. The van der Waals surface area contributed by atoms with Gasteiger partial charge in [-0.2, -0.15) is 0 Å². The molecule has 156 valence electrons. The van der Waals surface area contributed by atoms with Crippen molar-refractivity contribution >= 4 is 16.8 Å². The minimum Gasteiger partial charge on any atom is -0.356 e. The van der Waals surface area contributed by atoms with E-state index in [1.54, 1.807) is 18.6 Å². The number of carbonyl (C=O) groups is 1. The van der Waals surface area contributed by atoms with Crippen molar-refractivity contribution in [3.63, 3.8) is 0 Å². The molecule has 5 rings (SSSR count). The van der Waals surface area contributed by atoms with Crippen LogP contribution < -0.4 is 0 Å². The number of aryl methyl sites for hydroxylation is 2. The summed E-state index contributed by atoms with van der Waals surface area (Å²) in [6.45, 7) is 2.88. The van der Waals surface area contributed by atoms with E-state index >= 15 is 0 Å². The number of hydrogen-bond acceptors (Lipinski definition) is 3. The predicted molar refractivity (Wildman–Crippen MR) is 122 cm³/mol. The summed E-state index contributed by atoms with van der Waals surface area (Å²) < 4.78 is 0. The van der Waals surface area contributed by atoms with Crippen LogP contribution in [0.15, 0.2) is 67.1 Å². The van der Waals surface area contributed by atoms with Gasteiger partial charge in [0.2, 0.25) is 5.91 Å². The average Bonchev–Trinajstić information content (AvgIpc) is 3.21. The third-order valence-corrected chi connectivity index (χ3v) is 6.27. The summed E-state index contributed by atoms with van der Waals surface area (Å²) in [4.78, 5) is 27.5. The first kappa shape index (κ1) is 19.5. The maximum atomic E-state index is 13.4. The van der Waals surface area contributed by atoms with E-state index in [2.05, 4.69) is 70.4 Å². The van der Waals surface area contributed by atoms with Crippen molar-refractivity contribution in [2.45, 2.75) is 38.6 Å². The van der Waals surface area contributed by atoms with Crippen LogP contribution in [0, 0.1) is 0 Å². The van der Waals surface area contributed by atoms with Gasteiger partial charge in [0, 0.05) is 48.2 Å². The smallest absolute Gasteiger partial charge is 0.223 e. The topological polar surface area (TPSA) is 61.9 Å². The Balaban J connectivity index is 1.51. The maximum absolute atomic E-state index is 13.4. The summed E-state index contributed by atoms with van der Waals surface area (Å²) in [7, 11) is 0. The molecule has 1 atom stereocenters. The fraction of sp³-hybridized carbons (Fsp3) is 0.269. The molecule has 0 bridgehead atoms. The lowest BCUT2D eigenvalue weighted by atomic mass is 9.91. The molecule has 2 aromatic heterocycles. The van der Waals surface area contributed by atoms with Gasteiger partial charge < -0.3 is 9.88 Å². The number of para-hydroxylation sites is 1. The molecule has 5 heteroatoms. The first-order valence-corrected chi connectivity index (χ1v) is 11.0. The Morgan fingerprint density at radius 2 is 1.97 bits per heavy atom. The zero-order valence-corrected chi connectivity index (χ0v) is 17.7. The van der Waals surface area contributed by atoms with Gasteiger partial charge in [0.25, 0.3) is 0 Å². The minimum atomic E-state index is -0.101. The van der Waals surface area contributed by atoms with Gasteiger partial charge in [0.05, 0.1) is 11.7 Å². The summed E-state index contributed by atoms with van der Waals surface area (Å²) in [6, 6.07) is 17.0. The highest BCUT2D eigenvalue weighted by molar-refractivity contribution is 5.86. The Labute approximate surface area is 182 Å². The molecule has 2 aromatic carbocycles. The largest absolute Gasteiger partial charge is 0.356 e. The summed E-state index contributed by atoms with van der Waals surface area (Å²) in [5.41, 5.74) is 6.91. The van der Waals surface area contributed by atoms with Crippen LogP contribution in [-0.4, -0.2) is 32.3 Å². The summed E-state index contributed by atoms with van der Waals surface area (Å²) in [6.07, 6.45) is 7.96. The van der Waals surface area contributed by atoms with Gasteiger partial charge in [-0.25, -0.2) is 0 Å². The molecule has 0 radical (unpaired) electrons. The first-order chi connectivity index (χ1) is 15.2. The van der Waals surface area contributed by atoms with E-state index in [9.17, 15) is 4.79 Å². The molecule has 1 unspecified atom stereocenters. The Morgan fingerprint density at radius 1 is 1.13 bits per heavy atom. The van der Waals surface area contributed by atoms with Crippen molar-refractivity contribution in [3.05, 3.63) is 95.2 Å². The third kappa shape index (κ3) is 3.72. The highest BCUT2D eigenvalue weighted by Crippen LogP contribution is 2.38. The van der Waals surface area contributed by atoms with Gasteiger partial charge in [0.1, 0.15) is 0 Å². The quantitative estimate of drug-likeness (QED) is 0.522. The van der Waals surface area contributed by atoms with E-state index in [0.29, 0.717) is 19.4 Å². The second-order valence-corrected chi connectivity index (χ2v) is 8.09. The van der Waals surface area contributed by atoms with Crippen LogP contribution in [0.2, 0.25) is 0 Å².